The molecule has 1 aliphatic rings. The summed E-state index contributed by atoms with van der Waals surface area (Å²) in [6.07, 6.45) is 3.68. The maximum absolute atomic E-state index is 13.0. The quantitative estimate of drug-likeness (QED) is 0.406. The van der Waals surface area contributed by atoms with Crippen molar-refractivity contribution in [2.75, 3.05) is 25.6 Å². The number of ketones is 1. The van der Waals surface area contributed by atoms with Gasteiger partial charge in [-0.15, -0.1) is 0 Å². The summed E-state index contributed by atoms with van der Waals surface area (Å²) in [4.78, 5) is 26.1. The van der Waals surface area contributed by atoms with Gasteiger partial charge in [-0.1, -0.05) is 30.3 Å². The van der Waals surface area contributed by atoms with Gasteiger partial charge in [0, 0.05) is 42.2 Å². The van der Waals surface area contributed by atoms with Crippen LogP contribution in [-0.2, 0) is 6.42 Å². The Labute approximate surface area is 171 Å². The van der Waals surface area contributed by atoms with Gasteiger partial charge in [-0.05, 0) is 54.0 Å². The first-order valence-corrected chi connectivity index (χ1v) is 9.97. The van der Waals surface area contributed by atoms with E-state index >= 15 is 0 Å². The van der Waals surface area contributed by atoms with Crippen LogP contribution in [0.15, 0.2) is 54.6 Å². The van der Waals surface area contributed by atoms with Crippen molar-refractivity contribution in [1.29, 1.82) is 0 Å². The largest absolute Gasteiger partial charge is 0.497 e. The molecule has 0 amide bonds. The molecule has 3 aromatic rings. The minimum atomic E-state index is 0.0719. The molecule has 0 radical (unpaired) electrons. The zero-order valence-corrected chi connectivity index (χ0v) is 16.9. The molecule has 0 bridgehead atoms. The average molecular weight is 387 g/mol. The van der Waals surface area contributed by atoms with Crippen LogP contribution < -0.4 is 9.64 Å². The third-order valence-corrected chi connectivity index (χ3v) is 5.58. The molecule has 4 nitrogen and oxygen atoms in total. The molecular weight excluding hydrogens is 362 g/mol. The lowest BCUT2D eigenvalue weighted by atomic mass is 9.97. The van der Waals surface area contributed by atoms with Gasteiger partial charge >= 0.3 is 0 Å². The van der Waals surface area contributed by atoms with E-state index in [-0.39, 0.29) is 5.78 Å². The van der Waals surface area contributed by atoms with Crippen LogP contribution >= 0.6 is 0 Å². The summed E-state index contributed by atoms with van der Waals surface area (Å²) >= 11 is 0. The molecular formula is C25H25NO3. The molecule has 0 N–H and O–H groups in total. The summed E-state index contributed by atoms with van der Waals surface area (Å²) in [6.45, 7) is 0.997. The molecule has 0 aromatic heterocycles. The highest BCUT2D eigenvalue weighted by Crippen LogP contribution is 2.35. The van der Waals surface area contributed by atoms with Crippen LogP contribution in [-0.4, -0.2) is 32.8 Å². The van der Waals surface area contributed by atoms with Crippen molar-refractivity contribution >= 4 is 28.5 Å². The van der Waals surface area contributed by atoms with Gasteiger partial charge in [0.15, 0.2) is 5.78 Å². The highest BCUT2D eigenvalue weighted by molar-refractivity contribution is 6.05. The van der Waals surface area contributed by atoms with Crippen LogP contribution in [0.4, 0.5) is 5.69 Å². The minimum absolute atomic E-state index is 0.0719. The molecule has 1 aliphatic carbocycles. The second-order valence-corrected chi connectivity index (χ2v) is 7.87. The van der Waals surface area contributed by atoms with Gasteiger partial charge in [-0.2, -0.15) is 0 Å². The van der Waals surface area contributed by atoms with E-state index in [0.717, 1.165) is 46.5 Å². The maximum Gasteiger partial charge on any atom is 0.167 e. The minimum Gasteiger partial charge on any atom is -0.497 e. The molecule has 0 unspecified atom stereocenters. The third-order valence-electron chi connectivity index (χ3n) is 5.58. The molecule has 3 aromatic carbocycles. The number of hydrogen-bond donors (Lipinski definition) is 0. The van der Waals surface area contributed by atoms with Gasteiger partial charge in [0.05, 0.1) is 7.11 Å². The Bertz CT molecular complexity index is 1050. The lowest BCUT2D eigenvalue weighted by Crippen LogP contribution is -2.20. The molecule has 0 saturated heterocycles. The van der Waals surface area contributed by atoms with Crippen molar-refractivity contribution in [2.24, 2.45) is 5.92 Å². The molecule has 1 saturated carbocycles. The topological polar surface area (TPSA) is 46.6 Å². The number of benzene rings is 3. The van der Waals surface area contributed by atoms with Crippen LogP contribution in [0.1, 0.15) is 39.1 Å². The Morgan fingerprint density at radius 1 is 1.10 bits per heavy atom. The van der Waals surface area contributed by atoms with E-state index in [1.165, 1.54) is 12.8 Å². The summed E-state index contributed by atoms with van der Waals surface area (Å²) in [5.41, 5.74) is 3.29. The number of rotatable bonds is 8. The summed E-state index contributed by atoms with van der Waals surface area (Å²) in [5.74, 6) is 1.63. The van der Waals surface area contributed by atoms with Crippen molar-refractivity contribution in [2.45, 2.75) is 19.3 Å². The number of anilines is 1. The zero-order chi connectivity index (χ0) is 20.4. The van der Waals surface area contributed by atoms with E-state index in [1.807, 2.05) is 42.5 Å². The third kappa shape index (κ3) is 4.32. The fourth-order valence-corrected chi connectivity index (χ4v) is 3.71. The smallest absolute Gasteiger partial charge is 0.167 e. The molecule has 4 rings (SSSR count). The van der Waals surface area contributed by atoms with Gasteiger partial charge in [-0.3, -0.25) is 9.59 Å². The molecule has 4 heteroatoms. The number of methoxy groups -OCH3 is 1. The average Bonchev–Trinajstić information content (AvgIpc) is 3.56. The Morgan fingerprint density at radius 3 is 2.52 bits per heavy atom. The van der Waals surface area contributed by atoms with Crippen LogP contribution in [0.5, 0.6) is 5.75 Å². The van der Waals surface area contributed by atoms with Crippen molar-refractivity contribution in [3.8, 4) is 5.75 Å². The van der Waals surface area contributed by atoms with Crippen molar-refractivity contribution in [3.63, 3.8) is 0 Å². The number of fused-ring (bicyclic) bond motifs is 1. The van der Waals surface area contributed by atoms with Gasteiger partial charge < -0.3 is 9.64 Å². The van der Waals surface area contributed by atoms with Crippen LogP contribution in [0.25, 0.3) is 10.8 Å². The SMILES string of the molecule is COc1ccc2cc(C(=O)Cc3ccc(C=O)cc3)cc(N(C)CC3CC3)c2c1. The number of nitrogens with zero attached hydrogens (tertiary/aromatic N) is 1. The lowest BCUT2D eigenvalue weighted by molar-refractivity contribution is 0.0993. The Hall–Kier alpha value is -3.14. The van der Waals surface area contributed by atoms with E-state index in [0.29, 0.717) is 17.5 Å². The molecule has 0 atom stereocenters. The molecule has 148 valence electrons. The number of aldehydes is 1. The van der Waals surface area contributed by atoms with Gasteiger partial charge in [0.25, 0.3) is 0 Å². The number of carbonyl (C=O) groups excluding carboxylic acids is 2. The zero-order valence-electron chi connectivity index (χ0n) is 16.9. The molecule has 0 heterocycles. The fourth-order valence-electron chi connectivity index (χ4n) is 3.71. The predicted octanol–water partition coefficient (Wildman–Crippen LogP) is 4.93. The van der Waals surface area contributed by atoms with E-state index < -0.39 is 0 Å². The standard InChI is InChI=1S/C25H25NO3/c1-26(15-18-5-6-18)24-13-21(12-20-9-10-22(29-2)14-23(20)24)25(28)11-17-3-7-19(16-27)8-4-17/h3-4,7-10,12-14,16,18H,5-6,11,15H2,1-2H3. The fraction of sp³-hybridized carbons (Fsp3) is 0.280. The van der Waals surface area contributed by atoms with Gasteiger partial charge in [-0.25, -0.2) is 0 Å². The van der Waals surface area contributed by atoms with Crippen LogP contribution in [0, 0.1) is 5.92 Å². The predicted molar refractivity (Wildman–Crippen MR) is 116 cm³/mol. The van der Waals surface area contributed by atoms with Gasteiger partial charge in [0.1, 0.15) is 12.0 Å². The first-order valence-electron chi connectivity index (χ1n) is 9.97. The number of Topliss-reactive ketones (excluding diaryl/α,β-unsaturated/α-hetero) is 1. The van der Waals surface area contributed by atoms with E-state index in [4.69, 9.17) is 4.74 Å². The van der Waals surface area contributed by atoms with Crippen LogP contribution in [0.3, 0.4) is 0 Å². The Morgan fingerprint density at radius 2 is 1.86 bits per heavy atom. The molecule has 0 aliphatic heterocycles. The number of hydrogen-bond acceptors (Lipinski definition) is 4. The van der Waals surface area contributed by atoms with Crippen molar-refractivity contribution in [1.82, 2.24) is 0 Å². The van der Waals surface area contributed by atoms with Gasteiger partial charge in [0.2, 0.25) is 0 Å². The van der Waals surface area contributed by atoms with Crippen molar-refractivity contribution in [3.05, 3.63) is 71.3 Å². The number of carbonyl (C=O) groups is 2. The highest BCUT2D eigenvalue weighted by Gasteiger charge is 2.24. The molecule has 1 fully saturated rings. The van der Waals surface area contributed by atoms with Crippen molar-refractivity contribution < 1.29 is 14.3 Å². The summed E-state index contributed by atoms with van der Waals surface area (Å²) in [7, 11) is 3.77. The second kappa shape index (κ2) is 8.08. The monoisotopic (exact) mass is 387 g/mol. The first-order chi connectivity index (χ1) is 14.1. The second-order valence-electron chi connectivity index (χ2n) is 7.87. The Balaban J connectivity index is 1.69. The summed E-state index contributed by atoms with van der Waals surface area (Å²) < 4.78 is 5.42. The van der Waals surface area contributed by atoms with E-state index in [1.54, 1.807) is 19.2 Å². The maximum atomic E-state index is 13.0. The van der Waals surface area contributed by atoms with E-state index in [2.05, 4.69) is 11.9 Å². The molecule has 29 heavy (non-hydrogen) atoms. The molecule has 0 spiro atoms. The van der Waals surface area contributed by atoms with Crippen LogP contribution in [0.2, 0.25) is 0 Å². The van der Waals surface area contributed by atoms with E-state index in [9.17, 15) is 9.59 Å². The normalized spacial score (nSPS) is 13.3. The highest BCUT2D eigenvalue weighted by atomic mass is 16.5. The lowest BCUT2D eigenvalue weighted by Gasteiger charge is -2.22. The number of ether oxygens (including phenoxy) is 1. The Kier molecular flexibility index (Phi) is 5.34. The summed E-state index contributed by atoms with van der Waals surface area (Å²) in [5, 5.41) is 2.13. The first kappa shape index (κ1) is 19.2. The summed E-state index contributed by atoms with van der Waals surface area (Å²) in [6, 6.07) is 17.1.